The normalized spacial score (nSPS) is 10.7. The summed E-state index contributed by atoms with van der Waals surface area (Å²) in [7, 11) is 1.68. The summed E-state index contributed by atoms with van der Waals surface area (Å²) in [6.07, 6.45) is 3.64. The molecule has 0 N–H and O–H groups in total. The van der Waals surface area contributed by atoms with Crippen molar-refractivity contribution in [3.8, 4) is 5.75 Å². The first-order chi connectivity index (χ1) is 9.13. The molecule has 1 heterocycles. The second-order valence-corrected chi connectivity index (χ2v) is 4.89. The quantitative estimate of drug-likeness (QED) is 0.844. The van der Waals surface area contributed by atoms with Gasteiger partial charge in [0.2, 0.25) is 0 Å². The van der Waals surface area contributed by atoms with Gasteiger partial charge in [-0.3, -0.25) is 4.68 Å². The predicted molar refractivity (Wildman–Crippen MR) is 75.8 cm³/mol. The number of aromatic nitrogens is 3. The van der Waals surface area contributed by atoms with Gasteiger partial charge >= 0.3 is 0 Å². The van der Waals surface area contributed by atoms with E-state index in [1.54, 1.807) is 7.11 Å². The van der Waals surface area contributed by atoms with Gasteiger partial charge in [-0.05, 0) is 49.9 Å². The minimum absolute atomic E-state index is 0.771. The van der Waals surface area contributed by atoms with E-state index >= 15 is 0 Å². The molecule has 2 rings (SSSR count). The molecule has 102 valence electrons. The summed E-state index contributed by atoms with van der Waals surface area (Å²) in [5.41, 5.74) is 3.11. The van der Waals surface area contributed by atoms with Crippen LogP contribution < -0.4 is 4.74 Å². The molecule has 5 heteroatoms. The van der Waals surface area contributed by atoms with E-state index in [-0.39, 0.29) is 0 Å². The van der Waals surface area contributed by atoms with Gasteiger partial charge in [0.05, 0.1) is 12.8 Å². The maximum Gasteiger partial charge on any atom is 0.122 e. The molecule has 0 spiro atoms. The van der Waals surface area contributed by atoms with Gasteiger partial charge in [0.15, 0.2) is 0 Å². The molecule has 0 amide bonds. The zero-order valence-electron chi connectivity index (χ0n) is 11.5. The molecule has 0 aliphatic carbocycles. The highest BCUT2D eigenvalue weighted by Gasteiger charge is 2.08. The third-order valence-electron chi connectivity index (χ3n) is 3.12. The fraction of sp³-hybridized carbons (Fsp3) is 0.429. The molecule has 0 saturated carbocycles. The number of rotatable bonds is 5. The van der Waals surface area contributed by atoms with Crippen molar-refractivity contribution in [2.24, 2.45) is 0 Å². The maximum atomic E-state index is 6.16. The Balaban J connectivity index is 2.12. The van der Waals surface area contributed by atoms with Crippen LogP contribution in [0, 0.1) is 6.92 Å². The van der Waals surface area contributed by atoms with E-state index in [1.165, 1.54) is 0 Å². The topological polar surface area (TPSA) is 39.9 Å². The van der Waals surface area contributed by atoms with Crippen LogP contribution in [-0.4, -0.2) is 22.1 Å². The first-order valence-electron chi connectivity index (χ1n) is 6.36. The molecule has 1 aromatic carbocycles. The number of hydrogen-bond acceptors (Lipinski definition) is 3. The first kappa shape index (κ1) is 13.9. The minimum atomic E-state index is 0.771. The van der Waals surface area contributed by atoms with E-state index in [9.17, 15) is 0 Å². The van der Waals surface area contributed by atoms with Gasteiger partial charge in [-0.15, -0.1) is 5.10 Å². The minimum Gasteiger partial charge on any atom is -0.496 e. The number of hydrogen-bond donors (Lipinski definition) is 0. The summed E-state index contributed by atoms with van der Waals surface area (Å²) in [4.78, 5) is 0. The van der Waals surface area contributed by atoms with Crippen LogP contribution in [0.25, 0.3) is 0 Å². The number of halogens is 1. The Labute approximate surface area is 118 Å². The molecule has 2 aromatic rings. The number of ether oxygens (including phenoxy) is 1. The Morgan fingerprint density at radius 3 is 2.74 bits per heavy atom. The van der Waals surface area contributed by atoms with Crippen molar-refractivity contribution in [2.45, 2.75) is 33.2 Å². The fourth-order valence-corrected chi connectivity index (χ4v) is 2.14. The van der Waals surface area contributed by atoms with E-state index in [2.05, 4.69) is 10.3 Å². The number of benzene rings is 1. The van der Waals surface area contributed by atoms with E-state index in [1.807, 2.05) is 36.9 Å². The van der Waals surface area contributed by atoms with Crippen LogP contribution in [0.15, 0.2) is 18.3 Å². The van der Waals surface area contributed by atoms with Crippen molar-refractivity contribution in [1.82, 2.24) is 15.0 Å². The van der Waals surface area contributed by atoms with E-state index in [0.29, 0.717) is 0 Å². The van der Waals surface area contributed by atoms with Gasteiger partial charge in [-0.1, -0.05) is 16.8 Å². The third-order valence-corrected chi connectivity index (χ3v) is 3.53. The maximum absolute atomic E-state index is 6.16. The van der Waals surface area contributed by atoms with Crippen molar-refractivity contribution in [3.05, 3.63) is 40.2 Å². The molecular weight excluding hydrogens is 262 g/mol. The molecule has 0 radical (unpaired) electrons. The summed E-state index contributed by atoms with van der Waals surface area (Å²) in [6, 6.07) is 3.94. The van der Waals surface area contributed by atoms with Gasteiger partial charge in [0.1, 0.15) is 5.75 Å². The highest BCUT2D eigenvalue weighted by atomic mass is 35.5. The number of nitrogens with zero attached hydrogens (tertiary/aromatic N) is 3. The Morgan fingerprint density at radius 2 is 2.11 bits per heavy atom. The summed E-state index contributed by atoms with van der Waals surface area (Å²) < 4.78 is 7.22. The van der Waals surface area contributed by atoms with Crippen molar-refractivity contribution in [1.29, 1.82) is 0 Å². The molecule has 4 nitrogen and oxygen atoms in total. The predicted octanol–water partition coefficient (Wildman–Crippen LogP) is 3.05. The average Bonchev–Trinajstić information content (AvgIpc) is 2.87. The molecular formula is C14H18ClN3O. The van der Waals surface area contributed by atoms with E-state index < -0.39 is 0 Å². The van der Waals surface area contributed by atoms with Crippen LogP contribution in [0.5, 0.6) is 5.75 Å². The van der Waals surface area contributed by atoms with Gasteiger partial charge in [-0.25, -0.2) is 0 Å². The highest BCUT2D eigenvalue weighted by molar-refractivity contribution is 6.31. The highest BCUT2D eigenvalue weighted by Crippen LogP contribution is 2.27. The van der Waals surface area contributed by atoms with Gasteiger partial charge in [0.25, 0.3) is 0 Å². The summed E-state index contributed by atoms with van der Waals surface area (Å²) >= 11 is 6.16. The summed E-state index contributed by atoms with van der Waals surface area (Å²) in [6.45, 7) is 4.86. The van der Waals surface area contributed by atoms with Crippen LogP contribution in [0.1, 0.15) is 23.7 Å². The molecule has 0 fully saturated rings. The number of methoxy groups -OCH3 is 1. The standard InChI is InChI=1S/C14H18ClN3O/c1-4-18-9-12(16-17-18)6-5-11-8-13(15)10(2)7-14(11)19-3/h7-9H,4-6H2,1-3H3. The largest absolute Gasteiger partial charge is 0.496 e. The molecule has 19 heavy (non-hydrogen) atoms. The van der Waals surface area contributed by atoms with E-state index in [0.717, 1.165) is 47.0 Å². The SMILES string of the molecule is CCn1cc(CCc2cc(Cl)c(C)cc2OC)nn1. The lowest BCUT2D eigenvalue weighted by Crippen LogP contribution is -1.97. The molecule has 0 aliphatic heterocycles. The van der Waals surface area contributed by atoms with Crippen molar-refractivity contribution >= 4 is 11.6 Å². The van der Waals surface area contributed by atoms with E-state index in [4.69, 9.17) is 16.3 Å². The van der Waals surface area contributed by atoms with Crippen molar-refractivity contribution < 1.29 is 4.74 Å². The zero-order valence-corrected chi connectivity index (χ0v) is 12.2. The Morgan fingerprint density at radius 1 is 1.32 bits per heavy atom. The van der Waals surface area contributed by atoms with Crippen molar-refractivity contribution in [3.63, 3.8) is 0 Å². The molecule has 1 aromatic heterocycles. The summed E-state index contributed by atoms with van der Waals surface area (Å²) in [5.74, 6) is 0.879. The van der Waals surface area contributed by atoms with Crippen LogP contribution in [0.3, 0.4) is 0 Å². The Kier molecular flexibility index (Phi) is 4.43. The van der Waals surface area contributed by atoms with Crippen LogP contribution in [0.2, 0.25) is 5.02 Å². The van der Waals surface area contributed by atoms with Crippen molar-refractivity contribution in [2.75, 3.05) is 7.11 Å². The first-order valence-corrected chi connectivity index (χ1v) is 6.73. The second-order valence-electron chi connectivity index (χ2n) is 4.48. The fourth-order valence-electron chi connectivity index (χ4n) is 1.95. The monoisotopic (exact) mass is 279 g/mol. The lowest BCUT2D eigenvalue weighted by molar-refractivity contribution is 0.409. The molecule has 0 saturated heterocycles. The molecule has 0 unspecified atom stereocenters. The molecule has 0 bridgehead atoms. The van der Waals surface area contributed by atoms with Gasteiger partial charge < -0.3 is 4.74 Å². The Hall–Kier alpha value is -1.55. The van der Waals surface area contributed by atoms with Crippen LogP contribution in [-0.2, 0) is 19.4 Å². The zero-order chi connectivity index (χ0) is 13.8. The Bertz CT molecular complexity index is 566. The van der Waals surface area contributed by atoms with Crippen LogP contribution >= 0.6 is 11.6 Å². The smallest absolute Gasteiger partial charge is 0.122 e. The average molecular weight is 280 g/mol. The summed E-state index contributed by atoms with van der Waals surface area (Å²) in [5, 5.41) is 8.94. The third kappa shape index (κ3) is 3.26. The number of aryl methyl sites for hydroxylation is 4. The van der Waals surface area contributed by atoms with Crippen LogP contribution in [0.4, 0.5) is 0 Å². The molecule has 0 atom stereocenters. The van der Waals surface area contributed by atoms with Gasteiger partial charge in [-0.2, -0.15) is 0 Å². The molecule has 0 aliphatic rings. The lowest BCUT2D eigenvalue weighted by atomic mass is 10.1. The lowest BCUT2D eigenvalue weighted by Gasteiger charge is -2.10. The van der Waals surface area contributed by atoms with Gasteiger partial charge in [0, 0.05) is 17.8 Å². The second kappa shape index (κ2) is 6.06.